The summed E-state index contributed by atoms with van der Waals surface area (Å²) >= 11 is 5.79. The SMILES string of the molecule is OB(O)Oc1cc2ccccc2nc1Cl. The Labute approximate surface area is 91.3 Å². The summed E-state index contributed by atoms with van der Waals surface area (Å²) < 4.78 is 4.67. The van der Waals surface area contributed by atoms with Crippen LogP contribution in [0.2, 0.25) is 5.15 Å². The minimum Gasteiger partial charge on any atom is -0.509 e. The Morgan fingerprint density at radius 3 is 2.73 bits per heavy atom. The van der Waals surface area contributed by atoms with Crippen LogP contribution < -0.4 is 4.65 Å². The molecule has 4 nitrogen and oxygen atoms in total. The molecule has 2 rings (SSSR count). The van der Waals surface area contributed by atoms with Gasteiger partial charge in [-0.2, -0.15) is 0 Å². The van der Waals surface area contributed by atoms with Gasteiger partial charge < -0.3 is 14.7 Å². The Hall–Kier alpha value is -1.30. The standard InChI is InChI=1S/C9H7BClNO3/c11-9-8(15-10(13)14)5-6-3-1-2-4-7(6)12-9/h1-5,13-14H. The van der Waals surface area contributed by atoms with Gasteiger partial charge in [0, 0.05) is 5.39 Å². The van der Waals surface area contributed by atoms with Gasteiger partial charge in [0.25, 0.3) is 0 Å². The third-order valence-electron chi connectivity index (χ3n) is 1.88. The van der Waals surface area contributed by atoms with Gasteiger partial charge in [0.1, 0.15) is 5.75 Å². The highest BCUT2D eigenvalue weighted by atomic mass is 35.5. The highest BCUT2D eigenvalue weighted by Gasteiger charge is 2.15. The van der Waals surface area contributed by atoms with Crippen molar-refractivity contribution in [3.05, 3.63) is 35.5 Å². The molecule has 0 atom stereocenters. The number of hydrogen-bond donors (Lipinski definition) is 2. The molecule has 6 heteroatoms. The predicted molar refractivity (Wildman–Crippen MR) is 57.6 cm³/mol. The summed E-state index contributed by atoms with van der Waals surface area (Å²) in [5, 5.41) is 18.2. The first kappa shape index (κ1) is 10.2. The summed E-state index contributed by atoms with van der Waals surface area (Å²) in [4.78, 5) is 4.05. The summed E-state index contributed by atoms with van der Waals surface area (Å²) in [6.07, 6.45) is 0. The maximum absolute atomic E-state index is 8.65. The Morgan fingerprint density at radius 2 is 2.00 bits per heavy atom. The summed E-state index contributed by atoms with van der Waals surface area (Å²) in [7, 11) is -1.90. The number of rotatable bonds is 2. The molecule has 1 aromatic carbocycles. The molecule has 0 radical (unpaired) electrons. The fourth-order valence-electron chi connectivity index (χ4n) is 1.27. The van der Waals surface area contributed by atoms with Crippen LogP contribution in [-0.4, -0.2) is 22.4 Å². The number of aromatic nitrogens is 1. The molecule has 0 aliphatic carbocycles. The summed E-state index contributed by atoms with van der Waals surface area (Å²) in [6.45, 7) is 0. The van der Waals surface area contributed by atoms with Gasteiger partial charge in [0.2, 0.25) is 0 Å². The first-order valence-electron chi connectivity index (χ1n) is 4.25. The Balaban J connectivity index is 2.52. The maximum Gasteiger partial charge on any atom is 0.707 e. The molecule has 0 spiro atoms. The second-order valence-corrected chi connectivity index (χ2v) is 3.27. The minimum atomic E-state index is -1.90. The molecule has 0 amide bonds. The molecular formula is C9H7BClNO3. The molecule has 76 valence electrons. The van der Waals surface area contributed by atoms with Crippen LogP contribution in [-0.2, 0) is 0 Å². The van der Waals surface area contributed by atoms with E-state index in [-0.39, 0.29) is 10.9 Å². The van der Waals surface area contributed by atoms with Gasteiger partial charge in [-0.15, -0.1) is 0 Å². The van der Waals surface area contributed by atoms with Crippen molar-refractivity contribution in [1.82, 2.24) is 4.98 Å². The zero-order valence-electron chi connectivity index (χ0n) is 7.59. The lowest BCUT2D eigenvalue weighted by Gasteiger charge is -2.07. The van der Waals surface area contributed by atoms with E-state index in [1.54, 1.807) is 12.1 Å². The molecule has 2 N–H and O–H groups in total. The molecule has 1 aromatic heterocycles. The number of halogens is 1. The van der Waals surface area contributed by atoms with Crippen LogP contribution in [0.25, 0.3) is 10.9 Å². The van der Waals surface area contributed by atoms with Crippen molar-refractivity contribution in [3.8, 4) is 5.75 Å². The molecule has 1 heterocycles. The highest BCUT2D eigenvalue weighted by molar-refractivity contribution is 6.36. The molecule has 0 fully saturated rings. The third kappa shape index (κ3) is 2.20. The second-order valence-electron chi connectivity index (χ2n) is 2.91. The largest absolute Gasteiger partial charge is 0.707 e. The van der Waals surface area contributed by atoms with Gasteiger partial charge in [-0.25, -0.2) is 4.98 Å². The third-order valence-corrected chi connectivity index (χ3v) is 2.15. The highest BCUT2D eigenvalue weighted by Crippen LogP contribution is 2.26. The lowest BCUT2D eigenvalue weighted by atomic mass is 10.2. The zero-order chi connectivity index (χ0) is 10.8. The van der Waals surface area contributed by atoms with Gasteiger partial charge in [-0.05, 0) is 12.1 Å². The molecule has 0 bridgehead atoms. The molecular weight excluding hydrogens is 216 g/mol. The van der Waals surface area contributed by atoms with Crippen molar-refractivity contribution in [2.45, 2.75) is 0 Å². The number of para-hydroxylation sites is 1. The Morgan fingerprint density at radius 1 is 1.27 bits per heavy atom. The topological polar surface area (TPSA) is 62.6 Å². The van der Waals surface area contributed by atoms with Crippen molar-refractivity contribution in [1.29, 1.82) is 0 Å². The van der Waals surface area contributed by atoms with Gasteiger partial charge >= 0.3 is 7.32 Å². The molecule has 0 unspecified atom stereocenters. The fourth-order valence-corrected chi connectivity index (χ4v) is 1.46. The Kier molecular flexibility index (Phi) is 2.77. The van der Waals surface area contributed by atoms with E-state index < -0.39 is 7.32 Å². The van der Waals surface area contributed by atoms with E-state index >= 15 is 0 Å². The van der Waals surface area contributed by atoms with Crippen LogP contribution in [0, 0.1) is 0 Å². The van der Waals surface area contributed by atoms with Crippen molar-refractivity contribution >= 4 is 29.8 Å². The number of hydrogen-bond acceptors (Lipinski definition) is 4. The van der Waals surface area contributed by atoms with Crippen molar-refractivity contribution < 1.29 is 14.7 Å². The van der Waals surface area contributed by atoms with Crippen LogP contribution >= 0.6 is 11.6 Å². The minimum absolute atomic E-state index is 0.0989. The molecule has 0 aliphatic heterocycles. The van der Waals surface area contributed by atoms with Crippen LogP contribution in [0.15, 0.2) is 30.3 Å². The Bertz CT molecular complexity index is 492. The number of fused-ring (bicyclic) bond motifs is 1. The average molecular weight is 223 g/mol. The normalized spacial score (nSPS) is 10.3. The molecule has 0 aliphatic rings. The first-order chi connectivity index (χ1) is 7.16. The maximum atomic E-state index is 8.65. The van der Waals surface area contributed by atoms with E-state index in [0.29, 0.717) is 0 Å². The summed E-state index contributed by atoms with van der Waals surface area (Å²) in [5.74, 6) is 0.144. The van der Waals surface area contributed by atoms with E-state index in [1.807, 2.05) is 18.2 Å². The van der Waals surface area contributed by atoms with E-state index in [0.717, 1.165) is 10.9 Å². The van der Waals surface area contributed by atoms with Crippen LogP contribution in [0.1, 0.15) is 0 Å². The molecule has 2 aromatic rings. The van der Waals surface area contributed by atoms with Gasteiger partial charge in [-0.1, -0.05) is 29.8 Å². The average Bonchev–Trinajstić information content (AvgIpc) is 2.18. The lowest BCUT2D eigenvalue weighted by Crippen LogP contribution is -2.20. The van der Waals surface area contributed by atoms with Gasteiger partial charge in [0.15, 0.2) is 5.15 Å². The predicted octanol–water partition coefficient (Wildman–Crippen LogP) is 1.24. The van der Waals surface area contributed by atoms with E-state index in [9.17, 15) is 0 Å². The molecule has 0 saturated heterocycles. The first-order valence-corrected chi connectivity index (χ1v) is 4.63. The number of nitrogens with zero attached hydrogens (tertiary/aromatic N) is 1. The van der Waals surface area contributed by atoms with E-state index in [1.165, 1.54) is 0 Å². The molecule has 15 heavy (non-hydrogen) atoms. The van der Waals surface area contributed by atoms with Crippen LogP contribution in [0.4, 0.5) is 0 Å². The van der Waals surface area contributed by atoms with Crippen LogP contribution in [0.3, 0.4) is 0 Å². The van der Waals surface area contributed by atoms with Crippen LogP contribution in [0.5, 0.6) is 5.75 Å². The smallest absolute Gasteiger partial charge is 0.509 e. The van der Waals surface area contributed by atoms with E-state index in [4.69, 9.17) is 21.6 Å². The fraction of sp³-hybridized carbons (Fsp3) is 0. The van der Waals surface area contributed by atoms with Crippen molar-refractivity contribution in [2.24, 2.45) is 0 Å². The molecule has 0 saturated carbocycles. The quantitative estimate of drug-likeness (QED) is 0.594. The monoisotopic (exact) mass is 223 g/mol. The number of benzene rings is 1. The van der Waals surface area contributed by atoms with E-state index in [2.05, 4.69) is 9.64 Å². The lowest BCUT2D eigenvalue weighted by molar-refractivity contribution is 0.288. The van der Waals surface area contributed by atoms with Crippen molar-refractivity contribution in [2.75, 3.05) is 0 Å². The van der Waals surface area contributed by atoms with Crippen molar-refractivity contribution in [3.63, 3.8) is 0 Å². The number of pyridine rings is 1. The second kappa shape index (κ2) is 4.06. The zero-order valence-corrected chi connectivity index (χ0v) is 8.35. The summed E-state index contributed by atoms with van der Waals surface area (Å²) in [5.41, 5.74) is 0.724. The van der Waals surface area contributed by atoms with Gasteiger partial charge in [0.05, 0.1) is 5.52 Å². The summed E-state index contributed by atoms with van der Waals surface area (Å²) in [6, 6.07) is 8.92. The van der Waals surface area contributed by atoms with Gasteiger partial charge in [-0.3, -0.25) is 0 Å².